The lowest BCUT2D eigenvalue weighted by Gasteiger charge is -2.42. The minimum absolute atomic E-state index is 0.0212. The van der Waals surface area contributed by atoms with E-state index < -0.39 is 29.3 Å². The van der Waals surface area contributed by atoms with Crippen molar-refractivity contribution in [3.8, 4) is 5.75 Å². The van der Waals surface area contributed by atoms with Gasteiger partial charge in [0.15, 0.2) is 17.5 Å². The molecule has 1 atom stereocenters. The van der Waals surface area contributed by atoms with Crippen molar-refractivity contribution in [2.24, 2.45) is 0 Å². The summed E-state index contributed by atoms with van der Waals surface area (Å²) in [5.41, 5.74) is 2.58. The maximum Gasteiger partial charge on any atom is 0.267 e. The van der Waals surface area contributed by atoms with Crippen molar-refractivity contribution in [3.05, 3.63) is 107 Å². The fourth-order valence-corrected chi connectivity index (χ4v) is 7.17. The van der Waals surface area contributed by atoms with Crippen LogP contribution in [0, 0.1) is 23.3 Å². The van der Waals surface area contributed by atoms with Gasteiger partial charge in [-0.2, -0.15) is 0 Å². The highest BCUT2D eigenvalue weighted by Crippen LogP contribution is 2.53. The van der Waals surface area contributed by atoms with Crippen LogP contribution in [0.2, 0.25) is 0 Å². The number of fused-ring (bicyclic) bond motifs is 3. The Labute approximate surface area is 275 Å². The van der Waals surface area contributed by atoms with Crippen LogP contribution in [0.4, 0.5) is 28.9 Å². The van der Waals surface area contributed by atoms with E-state index in [0.29, 0.717) is 56.9 Å². The number of carbonyl (C=O) groups is 3. The molecular weight excluding hydrogens is 628 g/mol. The van der Waals surface area contributed by atoms with Crippen LogP contribution < -0.4 is 25.2 Å². The van der Waals surface area contributed by atoms with E-state index in [1.165, 1.54) is 19.2 Å². The molecule has 0 aromatic heterocycles. The van der Waals surface area contributed by atoms with E-state index in [-0.39, 0.29) is 40.7 Å². The minimum Gasteiger partial charge on any atom is -0.489 e. The van der Waals surface area contributed by atoms with Gasteiger partial charge in [-0.25, -0.2) is 17.6 Å². The first kappa shape index (κ1) is 32.8. The average Bonchev–Trinajstić information content (AvgIpc) is 3.36. The number of ether oxygens (including phenoxy) is 1. The fourth-order valence-electron chi connectivity index (χ4n) is 7.17. The van der Waals surface area contributed by atoms with Crippen molar-refractivity contribution in [3.63, 3.8) is 0 Å². The summed E-state index contributed by atoms with van der Waals surface area (Å²) in [4.78, 5) is 42.1. The smallest absolute Gasteiger partial charge is 0.267 e. The Kier molecular flexibility index (Phi) is 9.00. The normalized spacial score (nSPS) is 18.1. The summed E-state index contributed by atoms with van der Waals surface area (Å²) >= 11 is 0. The average molecular weight is 663 g/mol. The third-order valence-corrected chi connectivity index (χ3v) is 9.49. The van der Waals surface area contributed by atoms with Crippen LogP contribution >= 0.6 is 0 Å². The molecule has 1 spiro atoms. The summed E-state index contributed by atoms with van der Waals surface area (Å²) in [6.45, 7) is 5.73. The van der Waals surface area contributed by atoms with Crippen LogP contribution in [0.5, 0.6) is 5.75 Å². The Morgan fingerprint density at radius 3 is 2.42 bits per heavy atom. The molecular formula is C36H34F4N4O4. The molecule has 0 saturated carbocycles. The highest BCUT2D eigenvalue weighted by molar-refractivity contribution is 6.03. The highest BCUT2D eigenvalue weighted by atomic mass is 19.2. The number of hydrogen-bond donors (Lipinski definition) is 2. The Morgan fingerprint density at radius 1 is 1.00 bits per heavy atom. The highest BCUT2D eigenvalue weighted by Gasteiger charge is 2.46. The molecule has 1 fully saturated rings. The number of amides is 3. The van der Waals surface area contributed by atoms with Gasteiger partial charge in [-0.15, -0.1) is 0 Å². The topological polar surface area (TPSA) is 91.0 Å². The lowest BCUT2D eigenvalue weighted by molar-refractivity contribution is -0.123. The molecule has 3 aliphatic rings. The molecule has 2 aliphatic heterocycles. The Hall–Kier alpha value is -5.13. The van der Waals surface area contributed by atoms with Gasteiger partial charge >= 0.3 is 0 Å². The summed E-state index contributed by atoms with van der Waals surface area (Å²) in [5, 5.41) is 4.92. The lowest BCUT2D eigenvalue weighted by atomic mass is 9.73. The Bertz CT molecular complexity index is 1810. The first-order chi connectivity index (χ1) is 23.0. The molecule has 8 nitrogen and oxygen atoms in total. The number of nitrogens with zero attached hydrogens (tertiary/aromatic N) is 2. The van der Waals surface area contributed by atoms with Gasteiger partial charge in [0.2, 0.25) is 5.91 Å². The first-order valence-electron chi connectivity index (χ1n) is 15.7. The third-order valence-electron chi connectivity index (χ3n) is 9.49. The molecule has 1 aliphatic carbocycles. The number of rotatable bonds is 7. The van der Waals surface area contributed by atoms with Crippen molar-refractivity contribution in [1.82, 2.24) is 10.6 Å². The number of carbonyl (C=O) groups excluding carboxylic acids is 3. The maximum absolute atomic E-state index is 14.6. The van der Waals surface area contributed by atoms with Crippen molar-refractivity contribution in [2.75, 3.05) is 43.1 Å². The first-order valence-corrected chi connectivity index (χ1v) is 15.7. The van der Waals surface area contributed by atoms with Gasteiger partial charge in [0.1, 0.15) is 23.9 Å². The predicted octanol–water partition coefficient (Wildman–Crippen LogP) is 5.47. The molecule has 1 saturated heterocycles. The minimum atomic E-state index is -1.64. The largest absolute Gasteiger partial charge is 0.489 e. The quantitative estimate of drug-likeness (QED) is 0.199. The van der Waals surface area contributed by atoms with Crippen LogP contribution in [0.25, 0.3) is 6.08 Å². The van der Waals surface area contributed by atoms with Crippen molar-refractivity contribution in [1.29, 1.82) is 0 Å². The van der Waals surface area contributed by atoms with E-state index in [1.54, 1.807) is 17.0 Å². The van der Waals surface area contributed by atoms with E-state index in [9.17, 15) is 31.9 Å². The number of hydrogen-bond acceptors (Lipinski definition) is 5. The third kappa shape index (κ3) is 6.26. The standard InChI is InChI=1S/C36H34F4N4O4/c1-3-33(46)44-12-13-48-31-19-24(5-7-30(31)44)43-10-8-36(9-11-43)20-22(25-6-4-23(37)18-26(25)36)17-32(45)42-29(35(47)41-2)16-21-14-27(38)34(40)28(39)15-21/h3-7,14-16,18-19,22H,1,8-13,17,20H2,2H3,(H,41,47)(H,42,45)/t22-/m1/s1. The van der Waals surface area contributed by atoms with Gasteiger partial charge in [0.25, 0.3) is 11.8 Å². The van der Waals surface area contributed by atoms with E-state index >= 15 is 0 Å². The van der Waals surface area contributed by atoms with Crippen molar-refractivity contribution < 1.29 is 36.7 Å². The molecule has 3 amide bonds. The molecule has 3 aromatic carbocycles. The summed E-state index contributed by atoms with van der Waals surface area (Å²) < 4.78 is 61.6. The lowest BCUT2D eigenvalue weighted by Crippen LogP contribution is -2.42. The van der Waals surface area contributed by atoms with E-state index in [0.717, 1.165) is 35.0 Å². The van der Waals surface area contributed by atoms with E-state index in [1.807, 2.05) is 18.2 Å². The molecule has 250 valence electrons. The van der Waals surface area contributed by atoms with Crippen molar-refractivity contribution >= 4 is 35.2 Å². The molecule has 48 heavy (non-hydrogen) atoms. The maximum atomic E-state index is 14.6. The van der Waals surface area contributed by atoms with Crippen LogP contribution in [-0.2, 0) is 19.8 Å². The molecule has 0 unspecified atom stereocenters. The Morgan fingerprint density at radius 2 is 1.73 bits per heavy atom. The predicted molar refractivity (Wildman–Crippen MR) is 172 cm³/mol. The molecule has 0 radical (unpaired) electrons. The van der Waals surface area contributed by atoms with Crippen LogP contribution in [0.3, 0.4) is 0 Å². The number of nitrogens with one attached hydrogen (secondary N) is 2. The van der Waals surface area contributed by atoms with Gasteiger partial charge in [0, 0.05) is 38.3 Å². The zero-order chi connectivity index (χ0) is 34.2. The number of likely N-dealkylation sites (N-methyl/N-ethyl adjacent to an activating group) is 1. The summed E-state index contributed by atoms with van der Waals surface area (Å²) in [7, 11) is 1.34. The summed E-state index contributed by atoms with van der Waals surface area (Å²) in [6, 6.07) is 11.8. The van der Waals surface area contributed by atoms with E-state index in [4.69, 9.17) is 4.74 Å². The molecule has 2 heterocycles. The van der Waals surface area contributed by atoms with Gasteiger partial charge < -0.3 is 25.2 Å². The summed E-state index contributed by atoms with van der Waals surface area (Å²) in [5.74, 6) is -5.93. The zero-order valence-electron chi connectivity index (χ0n) is 26.3. The summed E-state index contributed by atoms with van der Waals surface area (Å²) in [6.07, 6.45) is 4.32. The van der Waals surface area contributed by atoms with Crippen LogP contribution in [-0.4, -0.2) is 51.0 Å². The van der Waals surface area contributed by atoms with Gasteiger partial charge in [-0.1, -0.05) is 12.6 Å². The van der Waals surface area contributed by atoms with E-state index in [2.05, 4.69) is 22.1 Å². The second-order valence-electron chi connectivity index (χ2n) is 12.3. The van der Waals surface area contributed by atoms with Gasteiger partial charge in [-0.3, -0.25) is 14.4 Å². The molecule has 6 rings (SSSR count). The SMILES string of the molecule is C=CC(=O)N1CCOc2cc(N3CCC4(CC3)C[C@@H](CC(=O)NC(=Cc3cc(F)c(F)c(F)c3)C(=O)NC)c3ccc(F)cc34)ccc21. The molecule has 12 heteroatoms. The van der Waals surface area contributed by atoms with Crippen LogP contribution in [0.15, 0.2) is 66.9 Å². The second-order valence-corrected chi connectivity index (χ2v) is 12.3. The van der Waals surface area contributed by atoms with Gasteiger partial charge in [0.05, 0.1) is 12.2 Å². The number of anilines is 2. The molecule has 0 bridgehead atoms. The monoisotopic (exact) mass is 662 g/mol. The van der Waals surface area contributed by atoms with Gasteiger partial charge in [-0.05, 0) is 95.8 Å². The number of piperidine rings is 1. The fraction of sp³-hybridized carbons (Fsp3) is 0.306. The molecule has 2 N–H and O–H groups in total. The Balaban J connectivity index is 1.18. The number of halogens is 4. The second kappa shape index (κ2) is 13.2. The molecule has 3 aromatic rings. The number of benzene rings is 3. The van der Waals surface area contributed by atoms with Crippen molar-refractivity contribution in [2.45, 2.75) is 37.0 Å². The van der Waals surface area contributed by atoms with Crippen LogP contribution in [0.1, 0.15) is 48.3 Å². The zero-order valence-corrected chi connectivity index (χ0v) is 26.3.